The van der Waals surface area contributed by atoms with Gasteiger partial charge in [-0.15, -0.1) is 11.3 Å². The zero-order valence-electron chi connectivity index (χ0n) is 13.2. The van der Waals surface area contributed by atoms with Crippen LogP contribution in [-0.2, 0) is 17.6 Å². The quantitative estimate of drug-likeness (QED) is 0.723. The molecule has 1 N–H and O–H groups in total. The van der Waals surface area contributed by atoms with Crippen molar-refractivity contribution in [1.29, 1.82) is 0 Å². The molecule has 0 radical (unpaired) electrons. The lowest BCUT2D eigenvalue weighted by Crippen LogP contribution is -2.11. The topological polar surface area (TPSA) is 55.1 Å². The van der Waals surface area contributed by atoms with Crippen LogP contribution in [0.5, 0.6) is 0 Å². The number of benzene rings is 1. The zero-order chi connectivity index (χ0) is 16.9. The van der Waals surface area contributed by atoms with Gasteiger partial charge in [0.2, 0.25) is 5.91 Å². The molecule has 24 heavy (non-hydrogen) atoms. The van der Waals surface area contributed by atoms with Crippen molar-refractivity contribution in [3.63, 3.8) is 0 Å². The molecule has 2 heterocycles. The Balaban J connectivity index is 1.53. The third-order valence-electron chi connectivity index (χ3n) is 3.52. The van der Waals surface area contributed by atoms with Crippen molar-refractivity contribution in [1.82, 2.24) is 4.98 Å². The smallest absolute Gasteiger partial charge is 0.226 e. The standard InChI is InChI=1S/C18H17FN2O2S/c1-12-6-7-14(23-12)8-9-17(22)21-18-20-11-15(24-18)10-13-4-2-3-5-16(13)19/h2-7,11H,8-10H2,1H3,(H,20,21,22). The van der Waals surface area contributed by atoms with Gasteiger partial charge in [-0.2, -0.15) is 0 Å². The molecule has 0 fully saturated rings. The Morgan fingerprint density at radius 3 is 2.88 bits per heavy atom. The highest BCUT2D eigenvalue weighted by atomic mass is 32.1. The Bertz CT molecular complexity index is 841. The van der Waals surface area contributed by atoms with Gasteiger partial charge in [-0.05, 0) is 30.7 Å². The monoisotopic (exact) mass is 344 g/mol. The van der Waals surface area contributed by atoms with Crippen LogP contribution in [0.3, 0.4) is 0 Å². The molecule has 0 unspecified atom stereocenters. The fourth-order valence-electron chi connectivity index (χ4n) is 2.31. The highest BCUT2D eigenvalue weighted by Gasteiger charge is 2.10. The number of hydrogen-bond donors (Lipinski definition) is 1. The van der Waals surface area contributed by atoms with E-state index in [1.54, 1.807) is 24.4 Å². The van der Waals surface area contributed by atoms with Crippen molar-refractivity contribution in [3.8, 4) is 0 Å². The van der Waals surface area contributed by atoms with Crippen LogP contribution in [0.25, 0.3) is 0 Å². The van der Waals surface area contributed by atoms with Crippen molar-refractivity contribution in [2.24, 2.45) is 0 Å². The van der Waals surface area contributed by atoms with Crippen molar-refractivity contribution in [2.45, 2.75) is 26.2 Å². The van der Waals surface area contributed by atoms with Crippen LogP contribution in [0.4, 0.5) is 9.52 Å². The van der Waals surface area contributed by atoms with Gasteiger partial charge in [0.15, 0.2) is 5.13 Å². The molecule has 0 atom stereocenters. The SMILES string of the molecule is Cc1ccc(CCC(=O)Nc2ncc(Cc3ccccc3F)s2)o1. The Morgan fingerprint density at radius 2 is 2.12 bits per heavy atom. The second-order valence-electron chi connectivity index (χ2n) is 5.46. The van der Waals surface area contributed by atoms with Gasteiger partial charge in [0.05, 0.1) is 0 Å². The summed E-state index contributed by atoms with van der Waals surface area (Å²) >= 11 is 1.36. The summed E-state index contributed by atoms with van der Waals surface area (Å²) in [6, 6.07) is 10.4. The van der Waals surface area contributed by atoms with Crippen LogP contribution in [0.1, 0.15) is 28.4 Å². The third kappa shape index (κ3) is 4.29. The molecule has 0 aliphatic carbocycles. The number of carbonyl (C=O) groups excluding carboxylic acids is 1. The number of anilines is 1. The maximum atomic E-state index is 13.7. The second-order valence-corrected chi connectivity index (χ2v) is 6.58. The predicted molar refractivity (Wildman–Crippen MR) is 91.7 cm³/mol. The molecule has 1 aromatic carbocycles. The van der Waals surface area contributed by atoms with Gasteiger partial charge < -0.3 is 9.73 Å². The van der Waals surface area contributed by atoms with Crippen LogP contribution in [0.15, 0.2) is 47.0 Å². The molecule has 2 aromatic heterocycles. The summed E-state index contributed by atoms with van der Waals surface area (Å²) < 4.78 is 19.1. The van der Waals surface area contributed by atoms with Crippen LogP contribution in [-0.4, -0.2) is 10.9 Å². The first-order valence-corrected chi connectivity index (χ1v) is 8.45. The van der Waals surface area contributed by atoms with Gasteiger partial charge in [-0.25, -0.2) is 9.37 Å². The number of nitrogens with zero attached hydrogens (tertiary/aromatic N) is 1. The van der Waals surface area contributed by atoms with Gasteiger partial charge in [0.25, 0.3) is 0 Å². The lowest BCUT2D eigenvalue weighted by molar-refractivity contribution is -0.116. The summed E-state index contributed by atoms with van der Waals surface area (Å²) in [5.74, 6) is 1.28. The number of amides is 1. The second kappa shape index (κ2) is 7.40. The molecule has 0 spiro atoms. The first-order valence-electron chi connectivity index (χ1n) is 7.63. The van der Waals surface area contributed by atoms with E-state index in [4.69, 9.17) is 4.42 Å². The van der Waals surface area contributed by atoms with Crippen molar-refractivity contribution in [2.75, 3.05) is 5.32 Å². The molecule has 3 rings (SSSR count). The molecule has 0 aliphatic rings. The average Bonchev–Trinajstić information content (AvgIpc) is 3.17. The predicted octanol–water partition coefficient (Wildman–Crippen LogP) is 4.35. The lowest BCUT2D eigenvalue weighted by Gasteiger charge is -2.01. The molecule has 0 aliphatic heterocycles. The highest BCUT2D eigenvalue weighted by Crippen LogP contribution is 2.22. The maximum Gasteiger partial charge on any atom is 0.226 e. The fraction of sp³-hybridized carbons (Fsp3) is 0.222. The number of furan rings is 1. The highest BCUT2D eigenvalue weighted by molar-refractivity contribution is 7.15. The minimum Gasteiger partial charge on any atom is -0.466 e. The van der Waals surface area contributed by atoms with Crippen molar-refractivity contribution in [3.05, 3.63) is 70.4 Å². The number of carbonyl (C=O) groups is 1. The number of halogens is 1. The Morgan fingerprint density at radius 1 is 1.29 bits per heavy atom. The number of aryl methyl sites for hydroxylation is 2. The van der Waals surface area contributed by atoms with Gasteiger partial charge >= 0.3 is 0 Å². The number of rotatable bonds is 6. The minimum absolute atomic E-state index is 0.115. The first-order chi connectivity index (χ1) is 11.6. The molecule has 1 amide bonds. The van der Waals surface area contributed by atoms with Crippen LogP contribution in [0, 0.1) is 12.7 Å². The number of thiazole rings is 1. The average molecular weight is 344 g/mol. The molecule has 0 saturated heterocycles. The van der Waals surface area contributed by atoms with E-state index in [2.05, 4.69) is 10.3 Å². The van der Waals surface area contributed by atoms with Crippen LogP contribution >= 0.6 is 11.3 Å². The van der Waals surface area contributed by atoms with E-state index < -0.39 is 0 Å². The van der Waals surface area contributed by atoms with E-state index in [1.807, 2.05) is 19.1 Å². The molecule has 124 valence electrons. The molecule has 6 heteroatoms. The van der Waals surface area contributed by atoms with Gasteiger partial charge in [0.1, 0.15) is 17.3 Å². The van der Waals surface area contributed by atoms with Crippen molar-refractivity contribution >= 4 is 22.4 Å². The largest absolute Gasteiger partial charge is 0.466 e. The van der Waals surface area contributed by atoms with Gasteiger partial charge in [0, 0.05) is 30.3 Å². The van der Waals surface area contributed by atoms with Gasteiger partial charge in [-0.3, -0.25) is 4.79 Å². The molecule has 4 nitrogen and oxygen atoms in total. The third-order valence-corrected chi connectivity index (χ3v) is 4.43. The molecular weight excluding hydrogens is 327 g/mol. The maximum absolute atomic E-state index is 13.7. The van der Waals surface area contributed by atoms with Crippen LogP contribution in [0.2, 0.25) is 0 Å². The summed E-state index contributed by atoms with van der Waals surface area (Å²) in [6.07, 6.45) is 3.01. The van der Waals surface area contributed by atoms with E-state index in [0.29, 0.717) is 30.0 Å². The van der Waals surface area contributed by atoms with E-state index in [1.165, 1.54) is 17.4 Å². The summed E-state index contributed by atoms with van der Waals surface area (Å²) in [7, 11) is 0. The zero-order valence-corrected chi connectivity index (χ0v) is 14.0. The van der Waals surface area contributed by atoms with E-state index in [9.17, 15) is 9.18 Å². The van der Waals surface area contributed by atoms with Crippen LogP contribution < -0.4 is 5.32 Å². The van der Waals surface area contributed by atoms with E-state index >= 15 is 0 Å². The van der Waals surface area contributed by atoms with E-state index in [0.717, 1.165) is 16.4 Å². The number of hydrogen-bond acceptors (Lipinski definition) is 4. The summed E-state index contributed by atoms with van der Waals surface area (Å²) in [5, 5.41) is 3.30. The molecular formula is C18H17FN2O2S. The Hall–Kier alpha value is -2.47. The molecule has 3 aromatic rings. The minimum atomic E-state index is -0.231. The Kier molecular flexibility index (Phi) is 5.05. The van der Waals surface area contributed by atoms with Gasteiger partial charge in [-0.1, -0.05) is 18.2 Å². The number of nitrogens with one attached hydrogen (secondary N) is 1. The summed E-state index contributed by atoms with van der Waals surface area (Å²) in [5.41, 5.74) is 0.618. The normalized spacial score (nSPS) is 10.8. The Labute approximate surface area is 143 Å². The van der Waals surface area contributed by atoms with Crippen molar-refractivity contribution < 1.29 is 13.6 Å². The summed E-state index contributed by atoms with van der Waals surface area (Å²) in [4.78, 5) is 17.1. The fourth-order valence-corrected chi connectivity index (χ4v) is 3.17. The lowest BCUT2D eigenvalue weighted by atomic mass is 10.1. The number of aromatic nitrogens is 1. The first kappa shape index (κ1) is 16.4. The molecule has 0 saturated carbocycles. The molecule has 0 bridgehead atoms. The summed E-state index contributed by atoms with van der Waals surface area (Å²) in [6.45, 7) is 1.87. The van der Waals surface area contributed by atoms with E-state index in [-0.39, 0.29) is 11.7 Å².